The lowest BCUT2D eigenvalue weighted by atomic mass is 10.2. The third-order valence-electron chi connectivity index (χ3n) is 2.07. The topological polar surface area (TPSA) is 53.4 Å². The molecule has 0 bridgehead atoms. The predicted octanol–water partition coefficient (Wildman–Crippen LogP) is 0.0182. The van der Waals surface area contributed by atoms with Crippen LogP contribution >= 0.6 is 0 Å². The highest BCUT2D eigenvalue weighted by Crippen LogP contribution is 2.07. The van der Waals surface area contributed by atoms with Crippen molar-refractivity contribution in [2.45, 2.75) is 6.10 Å². The van der Waals surface area contributed by atoms with E-state index in [1.807, 2.05) is 0 Å². The summed E-state index contributed by atoms with van der Waals surface area (Å²) in [5, 5.41) is 4.02. The summed E-state index contributed by atoms with van der Waals surface area (Å²) in [6, 6.07) is 1.68. The standard InChI is InChI=1S/C9H12N2O3/c1-11-3-2-7(10-11)9(12)8-6-13-4-5-14-8/h2-3,8H,4-6H2,1H3. The van der Waals surface area contributed by atoms with Gasteiger partial charge < -0.3 is 9.47 Å². The molecule has 0 amide bonds. The van der Waals surface area contributed by atoms with E-state index in [-0.39, 0.29) is 5.78 Å². The second-order valence-electron chi connectivity index (χ2n) is 3.17. The molecule has 0 aromatic carbocycles. The number of carbonyl (C=O) groups excluding carboxylic acids is 1. The maximum Gasteiger partial charge on any atom is 0.214 e. The van der Waals surface area contributed by atoms with Gasteiger partial charge in [0.05, 0.1) is 19.8 Å². The van der Waals surface area contributed by atoms with Crippen LogP contribution in [0.25, 0.3) is 0 Å². The van der Waals surface area contributed by atoms with E-state index < -0.39 is 6.10 Å². The number of ketones is 1. The van der Waals surface area contributed by atoms with Crippen LogP contribution in [0, 0.1) is 0 Å². The number of hydrogen-bond acceptors (Lipinski definition) is 4. The lowest BCUT2D eigenvalue weighted by molar-refractivity contribution is -0.0720. The Morgan fingerprint density at radius 2 is 2.50 bits per heavy atom. The Morgan fingerprint density at radius 1 is 1.64 bits per heavy atom. The van der Waals surface area contributed by atoms with Gasteiger partial charge in [-0.1, -0.05) is 0 Å². The lowest BCUT2D eigenvalue weighted by Gasteiger charge is -2.20. The zero-order chi connectivity index (χ0) is 9.97. The number of ether oxygens (including phenoxy) is 2. The van der Waals surface area contributed by atoms with E-state index in [4.69, 9.17) is 9.47 Å². The maximum absolute atomic E-state index is 11.7. The Morgan fingerprint density at radius 3 is 3.07 bits per heavy atom. The summed E-state index contributed by atoms with van der Waals surface area (Å²) in [5.41, 5.74) is 0.433. The van der Waals surface area contributed by atoms with Gasteiger partial charge >= 0.3 is 0 Å². The fourth-order valence-corrected chi connectivity index (χ4v) is 1.35. The van der Waals surface area contributed by atoms with Gasteiger partial charge in [-0.2, -0.15) is 5.10 Å². The van der Waals surface area contributed by atoms with Crippen LogP contribution in [0.5, 0.6) is 0 Å². The van der Waals surface area contributed by atoms with Gasteiger partial charge in [0.1, 0.15) is 11.8 Å². The highest BCUT2D eigenvalue weighted by molar-refractivity contribution is 5.97. The summed E-state index contributed by atoms with van der Waals surface area (Å²) < 4.78 is 12.0. The molecule has 0 N–H and O–H groups in total. The molecule has 2 heterocycles. The highest BCUT2D eigenvalue weighted by atomic mass is 16.6. The smallest absolute Gasteiger partial charge is 0.214 e. The molecule has 0 spiro atoms. The normalized spacial score (nSPS) is 22.2. The Labute approximate surface area is 81.6 Å². The first kappa shape index (κ1) is 9.36. The molecule has 1 aliphatic rings. The molecule has 0 aliphatic carbocycles. The third-order valence-corrected chi connectivity index (χ3v) is 2.07. The summed E-state index contributed by atoms with van der Waals surface area (Å²) in [5.74, 6) is -0.106. The molecule has 1 aromatic rings. The van der Waals surface area contributed by atoms with Crippen molar-refractivity contribution in [2.24, 2.45) is 7.05 Å². The molecule has 5 heteroatoms. The van der Waals surface area contributed by atoms with Crippen molar-refractivity contribution < 1.29 is 14.3 Å². The molecule has 0 radical (unpaired) electrons. The number of aryl methyl sites for hydroxylation is 1. The van der Waals surface area contributed by atoms with E-state index in [2.05, 4.69) is 5.10 Å². The summed E-state index contributed by atoms with van der Waals surface area (Å²) in [7, 11) is 1.77. The Balaban J connectivity index is 2.07. The van der Waals surface area contributed by atoms with Gasteiger partial charge in [0, 0.05) is 13.2 Å². The van der Waals surface area contributed by atoms with Crippen molar-refractivity contribution in [3.05, 3.63) is 18.0 Å². The molecular formula is C9H12N2O3. The second-order valence-corrected chi connectivity index (χ2v) is 3.17. The Hall–Kier alpha value is -1.20. The number of hydrogen-bond donors (Lipinski definition) is 0. The van der Waals surface area contributed by atoms with Gasteiger partial charge in [0.15, 0.2) is 0 Å². The first-order valence-electron chi connectivity index (χ1n) is 4.50. The summed E-state index contributed by atoms with van der Waals surface area (Å²) in [6.45, 7) is 1.37. The fraction of sp³-hybridized carbons (Fsp3) is 0.556. The van der Waals surface area contributed by atoms with Gasteiger partial charge in [0.2, 0.25) is 5.78 Å². The van der Waals surface area contributed by atoms with Gasteiger partial charge in [-0.15, -0.1) is 0 Å². The summed E-state index contributed by atoms with van der Waals surface area (Å²) in [6.07, 6.45) is 1.25. The lowest BCUT2D eigenvalue weighted by Crippen LogP contribution is -2.35. The van der Waals surface area contributed by atoms with Crippen LogP contribution in [-0.4, -0.2) is 41.5 Å². The van der Waals surface area contributed by atoms with Crippen molar-refractivity contribution in [1.29, 1.82) is 0 Å². The van der Waals surface area contributed by atoms with Crippen LogP contribution in [0.2, 0.25) is 0 Å². The Bertz CT molecular complexity index is 329. The molecule has 0 saturated carbocycles. The third kappa shape index (κ3) is 1.83. The number of rotatable bonds is 2. The first-order chi connectivity index (χ1) is 6.77. The summed E-state index contributed by atoms with van der Waals surface area (Å²) in [4.78, 5) is 11.7. The molecule has 1 atom stereocenters. The van der Waals surface area contributed by atoms with E-state index in [1.54, 1.807) is 24.0 Å². The second kappa shape index (κ2) is 3.89. The van der Waals surface area contributed by atoms with Crippen molar-refractivity contribution in [2.75, 3.05) is 19.8 Å². The molecule has 76 valence electrons. The van der Waals surface area contributed by atoms with Gasteiger partial charge in [-0.05, 0) is 6.07 Å². The molecule has 5 nitrogen and oxygen atoms in total. The quantitative estimate of drug-likeness (QED) is 0.626. The van der Waals surface area contributed by atoms with Crippen LogP contribution < -0.4 is 0 Å². The predicted molar refractivity (Wildman–Crippen MR) is 48.1 cm³/mol. The van der Waals surface area contributed by atoms with E-state index in [9.17, 15) is 4.79 Å². The maximum atomic E-state index is 11.7. The molecular weight excluding hydrogens is 184 g/mol. The minimum Gasteiger partial charge on any atom is -0.376 e. The van der Waals surface area contributed by atoms with Crippen molar-refractivity contribution in [1.82, 2.24) is 9.78 Å². The molecule has 1 fully saturated rings. The van der Waals surface area contributed by atoms with Crippen LogP contribution in [0.4, 0.5) is 0 Å². The molecule has 2 rings (SSSR count). The highest BCUT2D eigenvalue weighted by Gasteiger charge is 2.25. The number of carbonyl (C=O) groups is 1. The average molecular weight is 196 g/mol. The molecule has 1 aliphatic heterocycles. The fourth-order valence-electron chi connectivity index (χ4n) is 1.35. The monoisotopic (exact) mass is 196 g/mol. The minimum absolute atomic E-state index is 0.106. The number of nitrogens with zero attached hydrogens (tertiary/aromatic N) is 2. The van der Waals surface area contributed by atoms with E-state index in [1.165, 1.54) is 0 Å². The zero-order valence-electron chi connectivity index (χ0n) is 7.97. The zero-order valence-corrected chi connectivity index (χ0v) is 7.97. The first-order valence-corrected chi connectivity index (χ1v) is 4.50. The van der Waals surface area contributed by atoms with Crippen LogP contribution in [0.1, 0.15) is 10.5 Å². The molecule has 1 aromatic heterocycles. The van der Waals surface area contributed by atoms with Gasteiger partial charge in [-0.3, -0.25) is 9.48 Å². The van der Waals surface area contributed by atoms with Crippen molar-refractivity contribution in [3.63, 3.8) is 0 Å². The van der Waals surface area contributed by atoms with E-state index in [0.29, 0.717) is 25.5 Å². The SMILES string of the molecule is Cn1ccc(C(=O)C2COCCO2)n1. The van der Waals surface area contributed by atoms with E-state index in [0.717, 1.165) is 0 Å². The molecule has 1 saturated heterocycles. The summed E-state index contributed by atoms with van der Waals surface area (Å²) >= 11 is 0. The average Bonchev–Trinajstić information content (AvgIpc) is 2.65. The van der Waals surface area contributed by atoms with Gasteiger partial charge in [0.25, 0.3) is 0 Å². The van der Waals surface area contributed by atoms with Gasteiger partial charge in [-0.25, -0.2) is 0 Å². The van der Waals surface area contributed by atoms with Crippen LogP contribution in [-0.2, 0) is 16.5 Å². The largest absolute Gasteiger partial charge is 0.376 e. The van der Waals surface area contributed by atoms with Crippen molar-refractivity contribution >= 4 is 5.78 Å². The number of Topliss-reactive ketones (excluding diaryl/α,β-unsaturated/α-hetero) is 1. The minimum atomic E-state index is -0.487. The molecule has 1 unspecified atom stereocenters. The molecule has 14 heavy (non-hydrogen) atoms. The van der Waals surface area contributed by atoms with E-state index >= 15 is 0 Å². The van der Waals surface area contributed by atoms with Crippen LogP contribution in [0.3, 0.4) is 0 Å². The van der Waals surface area contributed by atoms with Crippen molar-refractivity contribution in [3.8, 4) is 0 Å². The van der Waals surface area contributed by atoms with Crippen LogP contribution in [0.15, 0.2) is 12.3 Å². The number of aromatic nitrogens is 2. The Kier molecular flexibility index (Phi) is 2.60.